The van der Waals surface area contributed by atoms with Crippen LogP contribution in [0.4, 0.5) is 18.0 Å². The van der Waals surface area contributed by atoms with Crippen LogP contribution in [0.5, 0.6) is 0 Å². The van der Waals surface area contributed by atoms with Crippen molar-refractivity contribution in [3.05, 3.63) is 48.0 Å². The van der Waals surface area contributed by atoms with Crippen LogP contribution >= 0.6 is 0 Å². The van der Waals surface area contributed by atoms with E-state index in [0.717, 1.165) is 5.56 Å². The van der Waals surface area contributed by atoms with E-state index in [1.807, 2.05) is 0 Å². The molecule has 0 radical (unpaired) electrons. The van der Waals surface area contributed by atoms with Crippen LogP contribution in [0.15, 0.2) is 36.9 Å². The molecule has 148 valence electrons. The summed E-state index contributed by atoms with van der Waals surface area (Å²) in [4.78, 5) is 36.3. The minimum Gasteiger partial charge on any atom is -0.343 e. The summed E-state index contributed by atoms with van der Waals surface area (Å²) in [6.45, 7) is 2.56. The first-order valence-electron chi connectivity index (χ1n) is 7.91. The normalized spacial score (nSPS) is 11.0. The summed E-state index contributed by atoms with van der Waals surface area (Å²) in [5, 5.41) is 6.35. The van der Waals surface area contributed by atoms with Gasteiger partial charge in [-0.25, -0.2) is 4.79 Å². The number of hydrogen-bond acceptors (Lipinski definition) is 4. The van der Waals surface area contributed by atoms with Crippen LogP contribution in [0, 0.1) is 0 Å². The molecule has 0 spiro atoms. The van der Waals surface area contributed by atoms with Gasteiger partial charge in [0, 0.05) is 18.7 Å². The second-order valence-corrected chi connectivity index (χ2v) is 5.71. The first-order chi connectivity index (χ1) is 12.6. The van der Waals surface area contributed by atoms with Crippen LogP contribution in [0.1, 0.15) is 15.9 Å². The SMILES string of the molecule is C=CCNC(=O)NC(=O)CN(C)Cc1ccc(C(=O)NCC(F)(F)F)cc1. The molecule has 0 aliphatic rings. The lowest BCUT2D eigenvalue weighted by atomic mass is 10.1. The third-order valence-corrected chi connectivity index (χ3v) is 3.19. The number of carbonyl (C=O) groups is 3. The first-order valence-corrected chi connectivity index (χ1v) is 7.91. The highest BCUT2D eigenvalue weighted by Gasteiger charge is 2.27. The van der Waals surface area contributed by atoms with E-state index in [4.69, 9.17) is 0 Å². The highest BCUT2D eigenvalue weighted by Crippen LogP contribution is 2.13. The monoisotopic (exact) mass is 386 g/mol. The summed E-state index contributed by atoms with van der Waals surface area (Å²) in [5.41, 5.74) is 0.844. The van der Waals surface area contributed by atoms with Gasteiger partial charge in [0.1, 0.15) is 6.54 Å². The molecule has 0 heterocycles. The number of carbonyl (C=O) groups excluding carboxylic acids is 3. The number of amides is 4. The molecule has 7 nitrogen and oxygen atoms in total. The summed E-state index contributed by atoms with van der Waals surface area (Å²) < 4.78 is 36.3. The van der Waals surface area contributed by atoms with E-state index in [9.17, 15) is 27.6 Å². The average molecular weight is 386 g/mol. The van der Waals surface area contributed by atoms with Crippen LogP contribution in [-0.4, -0.2) is 55.6 Å². The van der Waals surface area contributed by atoms with Crippen molar-refractivity contribution >= 4 is 17.8 Å². The van der Waals surface area contributed by atoms with Crippen molar-refractivity contribution < 1.29 is 27.6 Å². The number of benzene rings is 1. The number of likely N-dealkylation sites (N-methyl/N-ethyl adjacent to an activating group) is 1. The Labute approximate surface area is 154 Å². The van der Waals surface area contributed by atoms with Crippen molar-refractivity contribution in [1.29, 1.82) is 0 Å². The van der Waals surface area contributed by atoms with E-state index in [1.165, 1.54) is 18.2 Å². The quantitative estimate of drug-likeness (QED) is 0.590. The molecule has 0 atom stereocenters. The molecular weight excluding hydrogens is 365 g/mol. The van der Waals surface area contributed by atoms with E-state index >= 15 is 0 Å². The van der Waals surface area contributed by atoms with Crippen molar-refractivity contribution in [2.24, 2.45) is 0 Å². The first kappa shape index (κ1) is 22.2. The maximum absolute atomic E-state index is 12.1. The zero-order valence-electron chi connectivity index (χ0n) is 14.7. The third kappa shape index (κ3) is 9.40. The molecule has 1 aromatic rings. The van der Waals surface area contributed by atoms with Crippen molar-refractivity contribution in [2.75, 3.05) is 26.7 Å². The average Bonchev–Trinajstić information content (AvgIpc) is 2.57. The predicted octanol–water partition coefficient (Wildman–Crippen LogP) is 1.42. The van der Waals surface area contributed by atoms with Gasteiger partial charge in [0.15, 0.2) is 0 Å². The van der Waals surface area contributed by atoms with E-state index in [-0.39, 0.29) is 18.7 Å². The van der Waals surface area contributed by atoms with Gasteiger partial charge in [0.25, 0.3) is 5.91 Å². The van der Waals surface area contributed by atoms with Crippen LogP contribution in [0.25, 0.3) is 0 Å². The Bertz CT molecular complexity index is 675. The van der Waals surface area contributed by atoms with Crippen LogP contribution in [0.2, 0.25) is 0 Å². The molecule has 1 aromatic carbocycles. The molecule has 1 rings (SSSR count). The fraction of sp³-hybridized carbons (Fsp3) is 0.353. The molecule has 0 saturated carbocycles. The smallest absolute Gasteiger partial charge is 0.343 e. The second-order valence-electron chi connectivity index (χ2n) is 5.71. The number of nitrogens with one attached hydrogen (secondary N) is 3. The lowest BCUT2D eigenvalue weighted by Gasteiger charge is -2.16. The molecule has 0 bridgehead atoms. The Balaban J connectivity index is 2.47. The highest BCUT2D eigenvalue weighted by molar-refractivity contribution is 5.95. The van der Waals surface area contributed by atoms with Gasteiger partial charge in [-0.1, -0.05) is 18.2 Å². The molecule has 0 unspecified atom stereocenters. The van der Waals surface area contributed by atoms with Gasteiger partial charge in [-0.15, -0.1) is 6.58 Å². The topological polar surface area (TPSA) is 90.5 Å². The van der Waals surface area contributed by atoms with Crippen LogP contribution in [0.3, 0.4) is 0 Å². The maximum atomic E-state index is 12.1. The highest BCUT2D eigenvalue weighted by atomic mass is 19.4. The lowest BCUT2D eigenvalue weighted by Crippen LogP contribution is -2.43. The zero-order chi connectivity index (χ0) is 20.4. The van der Waals surface area contributed by atoms with Crippen LogP contribution < -0.4 is 16.0 Å². The van der Waals surface area contributed by atoms with E-state index in [0.29, 0.717) is 6.54 Å². The van der Waals surface area contributed by atoms with Crippen molar-refractivity contribution in [2.45, 2.75) is 12.7 Å². The fourth-order valence-electron chi connectivity index (χ4n) is 2.03. The van der Waals surface area contributed by atoms with Gasteiger partial charge in [0.05, 0.1) is 6.54 Å². The number of hydrogen-bond donors (Lipinski definition) is 3. The van der Waals surface area contributed by atoms with Crippen molar-refractivity contribution in [3.8, 4) is 0 Å². The van der Waals surface area contributed by atoms with Gasteiger partial charge in [0.2, 0.25) is 5.91 Å². The predicted molar refractivity (Wildman–Crippen MR) is 92.9 cm³/mol. The Morgan fingerprint density at radius 2 is 1.78 bits per heavy atom. The fourth-order valence-corrected chi connectivity index (χ4v) is 2.03. The molecule has 10 heteroatoms. The lowest BCUT2D eigenvalue weighted by molar-refractivity contribution is -0.123. The van der Waals surface area contributed by atoms with E-state index < -0.39 is 30.6 Å². The van der Waals surface area contributed by atoms with Crippen molar-refractivity contribution in [1.82, 2.24) is 20.9 Å². The van der Waals surface area contributed by atoms with Gasteiger partial charge in [-0.3, -0.25) is 19.8 Å². The molecule has 4 amide bonds. The molecular formula is C17H21F3N4O3. The Hall–Kier alpha value is -2.88. The summed E-state index contributed by atoms with van der Waals surface area (Å²) in [6, 6.07) is 5.33. The number of rotatable bonds is 8. The number of urea groups is 1. The Morgan fingerprint density at radius 1 is 1.15 bits per heavy atom. The minimum atomic E-state index is -4.47. The number of imide groups is 1. The number of halogens is 3. The van der Waals surface area contributed by atoms with Gasteiger partial charge in [-0.05, 0) is 24.7 Å². The molecule has 0 aliphatic carbocycles. The Morgan fingerprint density at radius 3 is 2.33 bits per heavy atom. The van der Waals surface area contributed by atoms with E-state index in [2.05, 4.69) is 17.2 Å². The van der Waals surface area contributed by atoms with E-state index in [1.54, 1.807) is 29.4 Å². The van der Waals surface area contributed by atoms with Gasteiger partial charge in [-0.2, -0.15) is 13.2 Å². The maximum Gasteiger partial charge on any atom is 0.405 e. The third-order valence-electron chi connectivity index (χ3n) is 3.19. The Kier molecular flexibility index (Phi) is 8.46. The number of nitrogens with zero attached hydrogens (tertiary/aromatic N) is 1. The summed E-state index contributed by atoms with van der Waals surface area (Å²) >= 11 is 0. The molecule has 0 aliphatic heterocycles. The molecule has 27 heavy (non-hydrogen) atoms. The molecule has 0 fully saturated rings. The summed E-state index contributed by atoms with van der Waals surface area (Å²) in [5.74, 6) is -1.32. The molecule has 3 N–H and O–H groups in total. The minimum absolute atomic E-state index is 0.0463. The zero-order valence-corrected chi connectivity index (χ0v) is 14.7. The van der Waals surface area contributed by atoms with Crippen LogP contribution in [-0.2, 0) is 11.3 Å². The molecule has 0 aromatic heterocycles. The summed E-state index contributed by atoms with van der Waals surface area (Å²) in [6.07, 6.45) is -3.00. The van der Waals surface area contributed by atoms with Gasteiger partial charge >= 0.3 is 12.2 Å². The second kappa shape index (κ2) is 10.3. The van der Waals surface area contributed by atoms with Gasteiger partial charge < -0.3 is 10.6 Å². The van der Waals surface area contributed by atoms with Crippen molar-refractivity contribution in [3.63, 3.8) is 0 Å². The molecule has 0 saturated heterocycles. The number of alkyl halides is 3. The largest absolute Gasteiger partial charge is 0.405 e. The summed E-state index contributed by atoms with van der Waals surface area (Å²) in [7, 11) is 1.66. The standard InChI is InChI=1S/C17H21F3N4O3/c1-3-8-21-16(27)23-14(25)10-24(2)9-12-4-6-13(7-5-12)15(26)22-11-17(18,19)20/h3-7H,1,8-11H2,2H3,(H,22,26)(H2,21,23,25,27).